The van der Waals surface area contributed by atoms with Gasteiger partial charge in [-0.15, -0.1) is 0 Å². The second kappa shape index (κ2) is 5.94. The topological polar surface area (TPSA) is 29.3 Å². The highest BCUT2D eigenvalue weighted by molar-refractivity contribution is 9.10. The minimum Gasteiger partial charge on any atom is -0.329 e. The first-order valence-corrected chi connectivity index (χ1v) is 7.92. The van der Waals surface area contributed by atoms with Crippen molar-refractivity contribution < 1.29 is 0 Å². The van der Waals surface area contributed by atoms with Crippen molar-refractivity contribution in [2.45, 2.75) is 39.7 Å². The Morgan fingerprint density at radius 3 is 2.74 bits per heavy atom. The van der Waals surface area contributed by atoms with E-state index in [-0.39, 0.29) is 0 Å². The fourth-order valence-electron chi connectivity index (χ4n) is 3.11. The van der Waals surface area contributed by atoms with E-state index < -0.39 is 0 Å². The van der Waals surface area contributed by atoms with Gasteiger partial charge in [-0.1, -0.05) is 41.9 Å². The fourth-order valence-corrected chi connectivity index (χ4v) is 3.35. The molecular weight excluding hydrogens is 300 g/mol. The number of hydrogen-bond donors (Lipinski definition) is 1. The highest BCUT2D eigenvalue weighted by Crippen LogP contribution is 2.34. The maximum atomic E-state index is 6.06. The summed E-state index contributed by atoms with van der Waals surface area (Å²) in [5.74, 6) is 0. The summed E-state index contributed by atoms with van der Waals surface area (Å²) in [4.78, 5) is 2.56. The number of aryl methyl sites for hydroxylation is 1. The molecule has 0 saturated carbocycles. The molecule has 1 atom stereocenters. The van der Waals surface area contributed by atoms with Gasteiger partial charge in [0.15, 0.2) is 0 Å². The molecule has 0 radical (unpaired) electrons. The molecule has 1 aliphatic heterocycles. The van der Waals surface area contributed by atoms with Crippen molar-refractivity contribution >= 4 is 15.9 Å². The van der Waals surface area contributed by atoms with Crippen LogP contribution in [0.3, 0.4) is 0 Å². The molecule has 1 aliphatic rings. The van der Waals surface area contributed by atoms with Gasteiger partial charge in [0.2, 0.25) is 0 Å². The van der Waals surface area contributed by atoms with Gasteiger partial charge < -0.3 is 5.73 Å². The predicted molar refractivity (Wildman–Crippen MR) is 85.3 cm³/mol. The van der Waals surface area contributed by atoms with Gasteiger partial charge in [0.05, 0.1) is 0 Å². The quantitative estimate of drug-likeness (QED) is 0.914. The SMILES string of the molecule is Cc1cc(C(CN)N2CCCC(C)(C)C2)ccc1Br. The van der Waals surface area contributed by atoms with Crippen LogP contribution in [-0.4, -0.2) is 24.5 Å². The van der Waals surface area contributed by atoms with Crippen LogP contribution in [-0.2, 0) is 0 Å². The molecule has 0 aliphatic carbocycles. The van der Waals surface area contributed by atoms with Crippen LogP contribution in [0.25, 0.3) is 0 Å². The van der Waals surface area contributed by atoms with E-state index in [2.05, 4.69) is 59.8 Å². The molecule has 2 N–H and O–H groups in total. The van der Waals surface area contributed by atoms with Crippen LogP contribution in [0.2, 0.25) is 0 Å². The largest absolute Gasteiger partial charge is 0.329 e. The Balaban J connectivity index is 2.21. The van der Waals surface area contributed by atoms with E-state index in [1.807, 2.05) is 0 Å². The van der Waals surface area contributed by atoms with Crippen molar-refractivity contribution in [2.24, 2.45) is 11.1 Å². The molecule has 3 heteroatoms. The molecule has 1 aromatic rings. The van der Waals surface area contributed by atoms with Crippen molar-refractivity contribution in [3.8, 4) is 0 Å². The van der Waals surface area contributed by atoms with Gasteiger partial charge in [-0.05, 0) is 48.9 Å². The number of hydrogen-bond acceptors (Lipinski definition) is 2. The molecule has 1 heterocycles. The highest BCUT2D eigenvalue weighted by atomic mass is 79.9. The molecule has 19 heavy (non-hydrogen) atoms. The van der Waals surface area contributed by atoms with Crippen LogP contribution in [0.4, 0.5) is 0 Å². The first-order valence-electron chi connectivity index (χ1n) is 7.13. The Labute approximate surface area is 125 Å². The van der Waals surface area contributed by atoms with Crippen LogP contribution >= 0.6 is 15.9 Å². The Morgan fingerprint density at radius 1 is 1.42 bits per heavy atom. The lowest BCUT2D eigenvalue weighted by Gasteiger charge is -2.42. The van der Waals surface area contributed by atoms with Gasteiger partial charge in [0, 0.05) is 23.6 Å². The lowest BCUT2D eigenvalue weighted by atomic mass is 9.83. The molecule has 2 nitrogen and oxygen atoms in total. The zero-order chi connectivity index (χ0) is 14.0. The van der Waals surface area contributed by atoms with Gasteiger partial charge in [-0.2, -0.15) is 0 Å². The molecule has 0 aromatic heterocycles. The smallest absolute Gasteiger partial charge is 0.0470 e. The molecule has 1 fully saturated rings. The predicted octanol–water partition coefficient (Wildman–Crippen LogP) is 3.88. The zero-order valence-electron chi connectivity index (χ0n) is 12.2. The molecule has 1 saturated heterocycles. The fraction of sp³-hybridized carbons (Fsp3) is 0.625. The van der Waals surface area contributed by atoms with E-state index in [4.69, 9.17) is 5.73 Å². The minimum atomic E-state index is 0.353. The number of benzene rings is 1. The second-order valence-electron chi connectivity index (χ2n) is 6.50. The Bertz CT molecular complexity index is 442. The molecule has 0 bridgehead atoms. The second-order valence-corrected chi connectivity index (χ2v) is 7.35. The summed E-state index contributed by atoms with van der Waals surface area (Å²) in [6, 6.07) is 6.97. The van der Waals surface area contributed by atoms with Crippen molar-refractivity contribution in [3.05, 3.63) is 33.8 Å². The van der Waals surface area contributed by atoms with Crippen LogP contribution in [0.15, 0.2) is 22.7 Å². The average Bonchev–Trinajstić information content (AvgIpc) is 2.33. The lowest BCUT2D eigenvalue weighted by Crippen LogP contribution is -2.44. The third-order valence-corrected chi connectivity index (χ3v) is 5.05. The molecule has 1 unspecified atom stereocenters. The van der Waals surface area contributed by atoms with Crippen LogP contribution in [0, 0.1) is 12.3 Å². The summed E-state index contributed by atoms with van der Waals surface area (Å²) in [6.07, 6.45) is 2.60. The lowest BCUT2D eigenvalue weighted by molar-refractivity contribution is 0.0806. The Morgan fingerprint density at radius 2 is 2.16 bits per heavy atom. The Kier molecular flexibility index (Phi) is 4.70. The van der Waals surface area contributed by atoms with Gasteiger partial charge in [-0.3, -0.25) is 4.90 Å². The van der Waals surface area contributed by atoms with Crippen molar-refractivity contribution in [1.29, 1.82) is 0 Å². The first kappa shape index (κ1) is 15.0. The number of nitrogens with two attached hydrogens (primary N) is 1. The Hall–Kier alpha value is -0.380. The van der Waals surface area contributed by atoms with Crippen molar-refractivity contribution in [1.82, 2.24) is 4.90 Å². The van der Waals surface area contributed by atoms with E-state index in [1.165, 1.54) is 35.0 Å². The van der Waals surface area contributed by atoms with Gasteiger partial charge in [0.1, 0.15) is 0 Å². The summed E-state index contributed by atoms with van der Waals surface area (Å²) in [6.45, 7) is 9.86. The minimum absolute atomic E-state index is 0.353. The van der Waals surface area contributed by atoms with E-state index >= 15 is 0 Å². The van der Waals surface area contributed by atoms with E-state index in [0.29, 0.717) is 18.0 Å². The van der Waals surface area contributed by atoms with E-state index in [9.17, 15) is 0 Å². The number of piperidine rings is 1. The number of halogens is 1. The average molecular weight is 325 g/mol. The summed E-state index contributed by atoms with van der Waals surface area (Å²) in [5.41, 5.74) is 9.10. The van der Waals surface area contributed by atoms with Gasteiger partial charge in [0.25, 0.3) is 0 Å². The number of nitrogens with zero attached hydrogens (tertiary/aromatic N) is 1. The van der Waals surface area contributed by atoms with Crippen molar-refractivity contribution in [2.75, 3.05) is 19.6 Å². The first-order chi connectivity index (χ1) is 8.93. The molecule has 106 valence electrons. The molecule has 0 spiro atoms. The molecule has 0 amide bonds. The van der Waals surface area contributed by atoms with Crippen LogP contribution in [0.1, 0.15) is 43.9 Å². The van der Waals surface area contributed by atoms with Crippen LogP contribution in [0.5, 0.6) is 0 Å². The highest BCUT2D eigenvalue weighted by Gasteiger charge is 2.30. The van der Waals surface area contributed by atoms with E-state index in [1.54, 1.807) is 0 Å². The number of likely N-dealkylation sites (tertiary alicyclic amines) is 1. The van der Waals surface area contributed by atoms with Gasteiger partial charge in [-0.25, -0.2) is 0 Å². The molecule has 2 rings (SSSR count). The number of rotatable bonds is 3. The third kappa shape index (κ3) is 3.59. The third-order valence-electron chi connectivity index (χ3n) is 4.16. The summed E-state index contributed by atoms with van der Waals surface area (Å²) < 4.78 is 1.17. The van der Waals surface area contributed by atoms with Crippen molar-refractivity contribution in [3.63, 3.8) is 0 Å². The zero-order valence-corrected chi connectivity index (χ0v) is 13.8. The van der Waals surface area contributed by atoms with Crippen LogP contribution < -0.4 is 5.73 Å². The summed E-state index contributed by atoms with van der Waals surface area (Å²) >= 11 is 3.57. The van der Waals surface area contributed by atoms with Gasteiger partial charge >= 0.3 is 0 Å². The molecule has 1 aromatic carbocycles. The summed E-state index contributed by atoms with van der Waals surface area (Å²) in [7, 11) is 0. The maximum absolute atomic E-state index is 6.06. The van der Waals surface area contributed by atoms with E-state index in [0.717, 1.165) is 6.54 Å². The maximum Gasteiger partial charge on any atom is 0.0470 e. The standard InChI is InChI=1S/C16H25BrN2/c1-12-9-13(5-6-14(12)17)15(10-18)19-8-4-7-16(2,3)11-19/h5-6,9,15H,4,7-8,10-11,18H2,1-3H3. The monoisotopic (exact) mass is 324 g/mol. The molecular formula is C16H25BrN2. The normalized spacial score (nSPS) is 21.3. The summed E-state index contributed by atoms with van der Waals surface area (Å²) in [5, 5.41) is 0.